The summed E-state index contributed by atoms with van der Waals surface area (Å²) in [5, 5.41) is 7.50. The molecule has 1 amide bonds. The molecule has 2 heterocycles. The number of aromatic nitrogens is 2. The van der Waals surface area contributed by atoms with Gasteiger partial charge >= 0.3 is 0 Å². The number of amides is 1. The quantitative estimate of drug-likeness (QED) is 0.222. The Bertz CT molecular complexity index is 632. The lowest BCUT2D eigenvalue weighted by atomic mass is 10.1. The summed E-state index contributed by atoms with van der Waals surface area (Å²) < 4.78 is 1.72. The van der Waals surface area contributed by atoms with Crippen LogP contribution in [0.1, 0.15) is 39.0 Å². The van der Waals surface area contributed by atoms with E-state index in [9.17, 15) is 4.79 Å². The fraction of sp³-hybridized carbons (Fsp3) is 0.750. The summed E-state index contributed by atoms with van der Waals surface area (Å²) in [6, 6.07) is 0. The average molecular weight is 519 g/mol. The van der Waals surface area contributed by atoms with Crippen molar-refractivity contribution in [3.63, 3.8) is 0 Å². The van der Waals surface area contributed by atoms with Gasteiger partial charge in [-0.25, -0.2) is 0 Å². The second kappa shape index (κ2) is 13.8. The minimum absolute atomic E-state index is 0. The maximum Gasteiger partial charge on any atom is 0.246 e. The molecular weight excluding hydrogens is 481 g/mol. The van der Waals surface area contributed by atoms with Gasteiger partial charge in [0.1, 0.15) is 6.54 Å². The highest BCUT2D eigenvalue weighted by Gasteiger charge is 2.27. The lowest BCUT2D eigenvalue weighted by Gasteiger charge is -2.35. The lowest BCUT2D eigenvalue weighted by molar-refractivity contribution is -0.120. The number of unbranched alkanes of at least 4 members (excludes halogenated alkanes) is 4. The van der Waals surface area contributed by atoms with Crippen LogP contribution < -0.4 is 10.2 Å². The van der Waals surface area contributed by atoms with E-state index in [2.05, 4.69) is 41.2 Å². The van der Waals surface area contributed by atoms with Crippen LogP contribution in [-0.4, -0.2) is 84.8 Å². The Morgan fingerprint density at radius 3 is 2.55 bits per heavy atom. The molecule has 0 saturated carbocycles. The molecule has 9 heteroatoms. The van der Waals surface area contributed by atoms with Crippen LogP contribution in [0.3, 0.4) is 0 Å². The second-order valence-electron chi connectivity index (χ2n) is 7.65. The SMILES string of the molecule is CCNC(=NCCCCCCCN(C)C)N1CCN(c2cnn(C)c2)C(=O)C1.I. The summed E-state index contributed by atoms with van der Waals surface area (Å²) in [6.45, 7) is 6.63. The molecule has 2 rings (SSSR count). The molecule has 1 aromatic rings. The smallest absolute Gasteiger partial charge is 0.246 e. The number of carbonyl (C=O) groups excluding carboxylic acids is 1. The number of aliphatic imine (C=N–C) groups is 1. The highest BCUT2D eigenvalue weighted by atomic mass is 127. The molecule has 1 N–H and O–H groups in total. The normalized spacial score (nSPS) is 15.1. The first-order chi connectivity index (χ1) is 13.5. The summed E-state index contributed by atoms with van der Waals surface area (Å²) in [5.41, 5.74) is 0.864. The molecule has 1 aliphatic rings. The molecule has 1 aromatic heterocycles. The molecule has 1 fully saturated rings. The fourth-order valence-corrected chi connectivity index (χ4v) is 3.36. The number of nitrogens with one attached hydrogen (secondary N) is 1. The van der Waals surface area contributed by atoms with Crippen molar-refractivity contribution in [1.29, 1.82) is 0 Å². The van der Waals surface area contributed by atoms with Crippen LogP contribution in [0.5, 0.6) is 0 Å². The highest BCUT2D eigenvalue weighted by molar-refractivity contribution is 14.0. The monoisotopic (exact) mass is 519 g/mol. The zero-order valence-electron chi connectivity index (χ0n) is 18.4. The molecule has 166 valence electrons. The van der Waals surface area contributed by atoms with Crippen LogP contribution in [0, 0.1) is 0 Å². The van der Waals surface area contributed by atoms with Gasteiger partial charge in [0, 0.05) is 39.4 Å². The molecule has 8 nitrogen and oxygen atoms in total. The van der Waals surface area contributed by atoms with E-state index in [1.54, 1.807) is 15.8 Å². The van der Waals surface area contributed by atoms with Gasteiger partial charge in [-0.2, -0.15) is 5.10 Å². The fourth-order valence-electron chi connectivity index (χ4n) is 3.36. The standard InChI is InChI=1S/C20H37N7O.HI/c1-5-21-20(22-11-9-7-6-8-10-12-24(2)3)26-13-14-27(19(28)17-26)18-15-23-25(4)16-18;/h15-16H,5-14,17H2,1-4H3,(H,21,22);1H. The Hall–Kier alpha value is -1.36. The van der Waals surface area contributed by atoms with E-state index in [0.29, 0.717) is 13.1 Å². The summed E-state index contributed by atoms with van der Waals surface area (Å²) in [5.74, 6) is 0.944. The zero-order valence-corrected chi connectivity index (χ0v) is 20.8. The molecule has 0 atom stereocenters. The van der Waals surface area contributed by atoms with E-state index in [0.717, 1.165) is 37.7 Å². The van der Waals surface area contributed by atoms with E-state index >= 15 is 0 Å². The predicted octanol–water partition coefficient (Wildman–Crippen LogP) is 2.16. The van der Waals surface area contributed by atoms with E-state index < -0.39 is 0 Å². The van der Waals surface area contributed by atoms with Gasteiger partial charge in [-0.3, -0.25) is 14.5 Å². The minimum atomic E-state index is 0. The number of hydrogen-bond acceptors (Lipinski definition) is 4. The van der Waals surface area contributed by atoms with Crippen LogP contribution in [0.2, 0.25) is 0 Å². The number of rotatable bonds is 10. The molecular formula is C20H38IN7O. The zero-order chi connectivity index (χ0) is 20.4. The maximum absolute atomic E-state index is 12.6. The van der Waals surface area contributed by atoms with Crippen molar-refractivity contribution in [2.24, 2.45) is 12.0 Å². The topological polar surface area (TPSA) is 69.0 Å². The number of halogens is 1. The number of guanidine groups is 1. The van der Waals surface area contributed by atoms with Crippen molar-refractivity contribution < 1.29 is 4.79 Å². The van der Waals surface area contributed by atoms with Gasteiger partial charge in [0.25, 0.3) is 0 Å². The van der Waals surface area contributed by atoms with Crippen molar-refractivity contribution in [3.05, 3.63) is 12.4 Å². The molecule has 1 saturated heterocycles. The maximum atomic E-state index is 12.6. The van der Waals surface area contributed by atoms with Crippen molar-refractivity contribution in [1.82, 2.24) is 24.9 Å². The average Bonchev–Trinajstić information content (AvgIpc) is 3.08. The minimum Gasteiger partial charge on any atom is -0.357 e. The summed E-state index contributed by atoms with van der Waals surface area (Å²) >= 11 is 0. The first-order valence-corrected chi connectivity index (χ1v) is 10.5. The van der Waals surface area contributed by atoms with Crippen molar-refractivity contribution in [3.8, 4) is 0 Å². The van der Waals surface area contributed by atoms with Gasteiger partial charge in [0.2, 0.25) is 5.91 Å². The molecule has 0 spiro atoms. The van der Waals surface area contributed by atoms with Crippen LogP contribution >= 0.6 is 24.0 Å². The molecule has 0 bridgehead atoms. The number of nitrogens with zero attached hydrogens (tertiary/aromatic N) is 6. The molecule has 0 radical (unpaired) electrons. The summed E-state index contributed by atoms with van der Waals surface area (Å²) in [4.78, 5) is 23.5. The Morgan fingerprint density at radius 1 is 1.21 bits per heavy atom. The molecule has 0 aliphatic carbocycles. The number of piperazine rings is 1. The first kappa shape index (κ1) is 25.7. The van der Waals surface area contributed by atoms with Gasteiger partial charge in [0.15, 0.2) is 5.96 Å². The molecule has 0 unspecified atom stereocenters. The van der Waals surface area contributed by atoms with Crippen molar-refractivity contribution >= 4 is 41.5 Å². The first-order valence-electron chi connectivity index (χ1n) is 10.5. The Morgan fingerprint density at radius 2 is 1.93 bits per heavy atom. The third kappa shape index (κ3) is 8.90. The largest absolute Gasteiger partial charge is 0.357 e. The third-order valence-corrected chi connectivity index (χ3v) is 4.88. The lowest BCUT2D eigenvalue weighted by Crippen LogP contribution is -2.55. The molecule has 29 heavy (non-hydrogen) atoms. The van der Waals surface area contributed by atoms with Crippen LogP contribution in [0.15, 0.2) is 17.4 Å². The Balaban J connectivity index is 0.00000420. The number of hydrogen-bond donors (Lipinski definition) is 1. The van der Waals surface area contributed by atoms with Crippen LogP contribution in [0.4, 0.5) is 5.69 Å². The number of aryl methyl sites for hydroxylation is 1. The van der Waals surface area contributed by atoms with Gasteiger partial charge in [0.05, 0.1) is 11.9 Å². The van der Waals surface area contributed by atoms with Crippen LogP contribution in [0.25, 0.3) is 0 Å². The summed E-state index contributed by atoms with van der Waals surface area (Å²) in [6.07, 6.45) is 9.75. The van der Waals surface area contributed by atoms with Gasteiger partial charge in [-0.1, -0.05) is 19.3 Å². The Kier molecular flexibility index (Phi) is 12.2. The predicted molar refractivity (Wildman–Crippen MR) is 130 cm³/mol. The van der Waals surface area contributed by atoms with E-state index in [4.69, 9.17) is 4.99 Å². The van der Waals surface area contributed by atoms with E-state index in [1.165, 1.54) is 32.2 Å². The van der Waals surface area contributed by atoms with Crippen molar-refractivity contribution in [2.45, 2.75) is 39.0 Å². The van der Waals surface area contributed by atoms with E-state index in [1.807, 2.05) is 13.2 Å². The second-order valence-corrected chi connectivity index (χ2v) is 7.65. The van der Waals surface area contributed by atoms with Gasteiger partial charge in [-0.05, 0) is 40.4 Å². The van der Waals surface area contributed by atoms with Crippen molar-refractivity contribution in [2.75, 3.05) is 58.3 Å². The third-order valence-electron chi connectivity index (χ3n) is 4.88. The Labute approximate surface area is 192 Å². The van der Waals surface area contributed by atoms with Gasteiger partial charge in [-0.15, -0.1) is 24.0 Å². The molecule has 1 aliphatic heterocycles. The molecule has 0 aromatic carbocycles. The summed E-state index contributed by atoms with van der Waals surface area (Å²) in [7, 11) is 6.11. The number of anilines is 1. The highest BCUT2D eigenvalue weighted by Crippen LogP contribution is 2.16. The van der Waals surface area contributed by atoms with E-state index in [-0.39, 0.29) is 29.9 Å². The van der Waals surface area contributed by atoms with Gasteiger partial charge < -0.3 is 20.0 Å². The number of carbonyl (C=O) groups is 1. The van der Waals surface area contributed by atoms with Crippen LogP contribution in [-0.2, 0) is 11.8 Å².